The van der Waals surface area contributed by atoms with Gasteiger partial charge in [-0.15, -0.1) is 0 Å². The molecule has 2 aromatic carbocycles. The molecule has 2 atom stereocenters. The van der Waals surface area contributed by atoms with E-state index in [4.69, 9.17) is 9.97 Å². The number of benzene rings is 2. The van der Waals surface area contributed by atoms with E-state index < -0.39 is 10.0 Å². The van der Waals surface area contributed by atoms with Crippen LogP contribution in [0.5, 0.6) is 0 Å². The lowest BCUT2D eigenvalue weighted by molar-refractivity contribution is 0.227. The van der Waals surface area contributed by atoms with Crippen LogP contribution in [0.3, 0.4) is 0 Å². The third-order valence-electron chi connectivity index (χ3n) is 7.35. The van der Waals surface area contributed by atoms with E-state index in [0.717, 1.165) is 40.8 Å². The molecule has 2 unspecified atom stereocenters. The molecule has 2 aliphatic rings. The average molecular weight is 408 g/mol. The third-order valence-corrected chi connectivity index (χ3v) is 8.75. The second kappa shape index (κ2) is 5.79. The molecule has 0 spiro atoms. The molecule has 0 saturated heterocycles. The predicted octanol–water partition coefficient (Wildman–Crippen LogP) is 4.91. The van der Waals surface area contributed by atoms with Gasteiger partial charge in [0.05, 0.1) is 33.0 Å². The number of hydrogen-bond donors (Lipinski definition) is 1. The van der Waals surface area contributed by atoms with E-state index in [2.05, 4.69) is 25.5 Å². The van der Waals surface area contributed by atoms with Crippen molar-refractivity contribution in [2.75, 3.05) is 4.72 Å². The molecule has 5 nitrogen and oxygen atoms in total. The quantitative estimate of drug-likeness (QED) is 0.669. The van der Waals surface area contributed by atoms with Gasteiger partial charge in [-0.2, -0.15) is 0 Å². The van der Waals surface area contributed by atoms with Crippen molar-refractivity contribution in [2.45, 2.75) is 56.8 Å². The summed E-state index contributed by atoms with van der Waals surface area (Å²) in [6.07, 6.45) is 2.28. The molecule has 2 aliphatic carbocycles. The second-order valence-corrected chi connectivity index (χ2v) is 10.9. The lowest BCUT2D eigenvalue weighted by Crippen LogP contribution is -2.31. The summed E-state index contributed by atoms with van der Waals surface area (Å²) in [6.45, 7) is 8.88. The van der Waals surface area contributed by atoms with Crippen molar-refractivity contribution < 1.29 is 8.42 Å². The van der Waals surface area contributed by atoms with Gasteiger partial charge >= 0.3 is 0 Å². The number of sulfonamides is 1. The summed E-state index contributed by atoms with van der Waals surface area (Å²) >= 11 is 0. The number of nitrogens with one attached hydrogen (secondary N) is 1. The Bertz CT molecular complexity index is 1250. The van der Waals surface area contributed by atoms with Crippen LogP contribution in [-0.2, 0) is 15.4 Å². The molecule has 1 N–H and O–H groups in total. The molecule has 3 aromatic rings. The van der Waals surface area contributed by atoms with E-state index in [9.17, 15) is 8.42 Å². The highest BCUT2D eigenvalue weighted by molar-refractivity contribution is 7.92. The van der Waals surface area contributed by atoms with E-state index >= 15 is 0 Å². The molecule has 5 rings (SSSR count). The van der Waals surface area contributed by atoms with Crippen molar-refractivity contribution in [3.05, 3.63) is 59.4 Å². The summed E-state index contributed by atoms with van der Waals surface area (Å²) in [7, 11) is -3.65. The molecule has 2 bridgehead atoms. The number of aromatic nitrogens is 2. The van der Waals surface area contributed by atoms with Gasteiger partial charge in [0.25, 0.3) is 10.0 Å². The minimum absolute atomic E-state index is 0.0554. The Morgan fingerprint density at radius 2 is 1.72 bits per heavy atom. The van der Waals surface area contributed by atoms with Gasteiger partial charge in [-0.3, -0.25) is 4.72 Å². The number of rotatable bonds is 3. The fourth-order valence-electron chi connectivity index (χ4n) is 5.11. The monoisotopic (exact) mass is 407 g/mol. The summed E-state index contributed by atoms with van der Waals surface area (Å²) in [6, 6.07) is 12.2. The van der Waals surface area contributed by atoms with Crippen LogP contribution in [0, 0.1) is 12.3 Å². The fraction of sp³-hybridized carbons (Fsp3) is 0.391. The zero-order valence-electron chi connectivity index (χ0n) is 17.2. The number of fused-ring (bicyclic) bond motifs is 6. The molecular weight excluding hydrogens is 382 g/mol. The SMILES string of the molecule is Cc1ccc(S(=O)(=O)Nc2ccc3nc4c(nc3c2)C2CCC4(C)C2(C)C)cc1. The Kier molecular flexibility index (Phi) is 3.70. The molecule has 1 fully saturated rings. The van der Waals surface area contributed by atoms with Crippen LogP contribution in [0.15, 0.2) is 47.4 Å². The van der Waals surface area contributed by atoms with Gasteiger partial charge in [-0.05, 0) is 55.5 Å². The minimum atomic E-state index is -3.65. The first-order valence-corrected chi connectivity index (χ1v) is 11.5. The highest BCUT2D eigenvalue weighted by atomic mass is 32.2. The molecule has 0 aliphatic heterocycles. The van der Waals surface area contributed by atoms with Gasteiger partial charge in [-0.25, -0.2) is 18.4 Å². The lowest BCUT2D eigenvalue weighted by atomic mass is 9.70. The first-order chi connectivity index (χ1) is 13.6. The molecule has 6 heteroatoms. The van der Waals surface area contributed by atoms with E-state index in [1.807, 2.05) is 13.0 Å². The second-order valence-electron chi connectivity index (χ2n) is 9.22. The smallest absolute Gasteiger partial charge is 0.261 e. The number of hydrogen-bond acceptors (Lipinski definition) is 4. The highest BCUT2D eigenvalue weighted by Gasteiger charge is 2.61. The standard InChI is InChI=1S/C23H25N3O2S/c1-14-5-8-16(9-6-14)29(27,28)26-15-7-10-18-19(13-15)24-20-17-11-12-23(4,21(20)25-18)22(17,2)3/h5-10,13,17,26H,11-12H2,1-4H3. The molecule has 1 heterocycles. The molecule has 29 heavy (non-hydrogen) atoms. The topological polar surface area (TPSA) is 72.0 Å². The summed E-state index contributed by atoms with van der Waals surface area (Å²) < 4.78 is 28.1. The Morgan fingerprint density at radius 3 is 2.45 bits per heavy atom. The number of aryl methyl sites for hydroxylation is 1. The maximum absolute atomic E-state index is 12.7. The van der Waals surface area contributed by atoms with E-state index in [1.165, 1.54) is 0 Å². The van der Waals surface area contributed by atoms with Gasteiger partial charge in [0.2, 0.25) is 0 Å². The van der Waals surface area contributed by atoms with Gasteiger partial charge in [0.15, 0.2) is 0 Å². The van der Waals surface area contributed by atoms with Crippen LogP contribution >= 0.6 is 0 Å². The van der Waals surface area contributed by atoms with E-state index in [0.29, 0.717) is 11.6 Å². The number of nitrogens with zero attached hydrogens (tertiary/aromatic N) is 2. The van der Waals surface area contributed by atoms with Crippen LogP contribution in [0.1, 0.15) is 56.5 Å². The van der Waals surface area contributed by atoms with Gasteiger partial charge in [-0.1, -0.05) is 38.5 Å². The summed E-state index contributed by atoms with van der Waals surface area (Å²) in [4.78, 5) is 10.2. The van der Waals surface area contributed by atoms with Crippen LogP contribution in [0.2, 0.25) is 0 Å². The van der Waals surface area contributed by atoms with E-state index in [1.54, 1.807) is 36.4 Å². The molecule has 1 saturated carbocycles. The van der Waals surface area contributed by atoms with Crippen molar-refractivity contribution in [2.24, 2.45) is 5.41 Å². The maximum atomic E-state index is 12.7. The normalized spacial score (nSPS) is 24.6. The minimum Gasteiger partial charge on any atom is -0.280 e. The van der Waals surface area contributed by atoms with E-state index in [-0.39, 0.29) is 15.7 Å². The fourth-order valence-corrected chi connectivity index (χ4v) is 6.16. The Hall–Kier alpha value is -2.47. The van der Waals surface area contributed by atoms with Crippen molar-refractivity contribution in [3.8, 4) is 0 Å². The zero-order valence-corrected chi connectivity index (χ0v) is 18.0. The molecule has 150 valence electrons. The summed E-state index contributed by atoms with van der Waals surface area (Å²) in [5.41, 5.74) is 5.48. The van der Waals surface area contributed by atoms with Crippen molar-refractivity contribution in [3.63, 3.8) is 0 Å². The Labute approximate surface area is 171 Å². The Morgan fingerprint density at radius 1 is 1.00 bits per heavy atom. The van der Waals surface area contributed by atoms with Crippen molar-refractivity contribution >= 4 is 26.7 Å². The summed E-state index contributed by atoms with van der Waals surface area (Å²) in [5, 5.41) is 0. The molecular formula is C23H25N3O2S. The Balaban J connectivity index is 1.54. The molecule has 0 amide bonds. The molecule has 0 radical (unpaired) electrons. The van der Waals surface area contributed by atoms with Gasteiger partial charge in [0.1, 0.15) is 0 Å². The summed E-state index contributed by atoms with van der Waals surface area (Å²) in [5.74, 6) is 0.410. The van der Waals surface area contributed by atoms with Crippen molar-refractivity contribution in [1.29, 1.82) is 0 Å². The first-order valence-electron chi connectivity index (χ1n) is 10.0. The van der Waals surface area contributed by atoms with Crippen LogP contribution in [0.4, 0.5) is 5.69 Å². The number of anilines is 1. The molecule has 1 aromatic heterocycles. The largest absolute Gasteiger partial charge is 0.280 e. The lowest BCUT2D eigenvalue weighted by Gasteiger charge is -2.34. The maximum Gasteiger partial charge on any atom is 0.261 e. The van der Waals surface area contributed by atoms with Crippen molar-refractivity contribution in [1.82, 2.24) is 9.97 Å². The van der Waals surface area contributed by atoms with Crippen LogP contribution < -0.4 is 4.72 Å². The highest BCUT2D eigenvalue weighted by Crippen LogP contribution is 2.66. The van der Waals surface area contributed by atoms with Crippen LogP contribution in [0.25, 0.3) is 11.0 Å². The predicted molar refractivity (Wildman–Crippen MR) is 115 cm³/mol. The van der Waals surface area contributed by atoms with Gasteiger partial charge in [0, 0.05) is 11.3 Å². The third kappa shape index (κ3) is 2.54. The van der Waals surface area contributed by atoms with Gasteiger partial charge < -0.3 is 0 Å². The van der Waals surface area contributed by atoms with Crippen LogP contribution in [-0.4, -0.2) is 18.4 Å². The zero-order chi connectivity index (χ0) is 20.6. The first kappa shape index (κ1) is 18.6. The average Bonchev–Trinajstić information content (AvgIpc) is 2.99.